The molecule has 2 aromatic carbocycles. The predicted octanol–water partition coefficient (Wildman–Crippen LogP) is 3.91. The SMILES string of the molecule is CCN1CCN(C2=C(c3ccc(Cl)cc3Cl)C(=O)N(Cc3ccccc3)C2=O)CC1. The van der Waals surface area contributed by atoms with Gasteiger partial charge in [0.25, 0.3) is 11.8 Å². The molecule has 2 heterocycles. The summed E-state index contributed by atoms with van der Waals surface area (Å²) in [5.74, 6) is -0.587. The van der Waals surface area contributed by atoms with E-state index < -0.39 is 0 Å². The van der Waals surface area contributed by atoms with Gasteiger partial charge in [-0.15, -0.1) is 0 Å². The van der Waals surface area contributed by atoms with Gasteiger partial charge in [0.15, 0.2) is 0 Å². The number of benzene rings is 2. The Labute approximate surface area is 186 Å². The van der Waals surface area contributed by atoms with Crippen molar-refractivity contribution in [2.45, 2.75) is 13.5 Å². The van der Waals surface area contributed by atoms with Gasteiger partial charge in [-0.05, 0) is 24.2 Å². The zero-order chi connectivity index (χ0) is 21.3. The number of piperazine rings is 1. The summed E-state index contributed by atoms with van der Waals surface area (Å²) in [7, 11) is 0. The molecule has 5 nitrogen and oxygen atoms in total. The number of carbonyl (C=O) groups is 2. The lowest BCUT2D eigenvalue weighted by Crippen LogP contribution is -2.47. The number of nitrogens with zero attached hydrogens (tertiary/aromatic N) is 3. The normalized spacial score (nSPS) is 18.0. The quantitative estimate of drug-likeness (QED) is 0.656. The number of halogens is 2. The summed E-state index contributed by atoms with van der Waals surface area (Å²) >= 11 is 12.5. The van der Waals surface area contributed by atoms with Crippen LogP contribution in [0.15, 0.2) is 54.2 Å². The zero-order valence-corrected chi connectivity index (χ0v) is 18.3. The van der Waals surface area contributed by atoms with E-state index in [0.717, 1.165) is 25.2 Å². The molecule has 7 heteroatoms. The molecule has 4 rings (SSSR count). The van der Waals surface area contributed by atoms with Crippen LogP contribution in [0.1, 0.15) is 18.1 Å². The largest absolute Gasteiger partial charge is 0.364 e. The van der Waals surface area contributed by atoms with Crippen LogP contribution in [0.25, 0.3) is 5.57 Å². The molecule has 1 saturated heterocycles. The Hall–Kier alpha value is -2.34. The van der Waals surface area contributed by atoms with Gasteiger partial charge in [-0.2, -0.15) is 0 Å². The second-order valence-electron chi connectivity index (χ2n) is 7.45. The van der Waals surface area contributed by atoms with Gasteiger partial charge in [0, 0.05) is 36.8 Å². The minimum Gasteiger partial charge on any atom is -0.364 e. The van der Waals surface area contributed by atoms with E-state index in [4.69, 9.17) is 23.2 Å². The highest BCUT2D eigenvalue weighted by molar-refractivity contribution is 6.41. The minimum atomic E-state index is -0.319. The Bertz CT molecular complexity index is 999. The Morgan fingerprint density at radius 1 is 0.900 bits per heavy atom. The monoisotopic (exact) mass is 443 g/mol. The predicted molar refractivity (Wildman–Crippen MR) is 119 cm³/mol. The van der Waals surface area contributed by atoms with Crippen LogP contribution in [-0.2, 0) is 16.1 Å². The fraction of sp³-hybridized carbons (Fsp3) is 0.304. The Balaban J connectivity index is 1.74. The van der Waals surface area contributed by atoms with Crippen molar-refractivity contribution in [2.24, 2.45) is 0 Å². The maximum Gasteiger partial charge on any atom is 0.278 e. The molecule has 2 aliphatic heterocycles. The summed E-state index contributed by atoms with van der Waals surface area (Å²) in [5.41, 5.74) is 2.25. The highest BCUT2D eigenvalue weighted by Crippen LogP contribution is 2.37. The third kappa shape index (κ3) is 3.97. The van der Waals surface area contributed by atoms with Crippen molar-refractivity contribution in [2.75, 3.05) is 32.7 Å². The third-order valence-corrected chi connectivity index (χ3v) is 6.21. The lowest BCUT2D eigenvalue weighted by molar-refractivity contribution is -0.138. The van der Waals surface area contributed by atoms with E-state index in [-0.39, 0.29) is 18.4 Å². The van der Waals surface area contributed by atoms with E-state index in [1.54, 1.807) is 18.2 Å². The highest BCUT2D eigenvalue weighted by atomic mass is 35.5. The number of imide groups is 1. The van der Waals surface area contributed by atoms with Crippen LogP contribution in [0.2, 0.25) is 10.0 Å². The van der Waals surface area contributed by atoms with Gasteiger partial charge in [0.1, 0.15) is 5.70 Å². The lowest BCUT2D eigenvalue weighted by atomic mass is 10.0. The van der Waals surface area contributed by atoms with Crippen LogP contribution in [0.3, 0.4) is 0 Å². The second kappa shape index (κ2) is 8.80. The molecular weight excluding hydrogens is 421 g/mol. The van der Waals surface area contributed by atoms with Crippen molar-refractivity contribution >= 4 is 40.6 Å². The maximum absolute atomic E-state index is 13.5. The molecule has 2 aromatic rings. The molecule has 0 saturated carbocycles. The van der Waals surface area contributed by atoms with Crippen LogP contribution in [0.5, 0.6) is 0 Å². The van der Waals surface area contributed by atoms with Gasteiger partial charge in [-0.25, -0.2) is 0 Å². The van der Waals surface area contributed by atoms with Crippen molar-refractivity contribution in [3.63, 3.8) is 0 Å². The number of carbonyl (C=O) groups excluding carboxylic acids is 2. The first-order valence-corrected chi connectivity index (χ1v) is 10.8. The lowest BCUT2D eigenvalue weighted by Gasteiger charge is -2.36. The van der Waals surface area contributed by atoms with E-state index in [1.165, 1.54) is 4.90 Å². The molecule has 1 fully saturated rings. The molecule has 0 aromatic heterocycles. The number of amides is 2. The topological polar surface area (TPSA) is 43.9 Å². The summed E-state index contributed by atoms with van der Waals surface area (Å²) in [6.07, 6.45) is 0. The number of likely N-dealkylation sites (N-methyl/N-ethyl adjacent to an activating group) is 1. The molecular formula is C23H23Cl2N3O2. The van der Waals surface area contributed by atoms with Crippen molar-refractivity contribution in [1.29, 1.82) is 0 Å². The van der Waals surface area contributed by atoms with Crippen molar-refractivity contribution < 1.29 is 9.59 Å². The fourth-order valence-corrected chi connectivity index (χ4v) is 4.49. The number of rotatable bonds is 5. The van der Waals surface area contributed by atoms with E-state index in [9.17, 15) is 9.59 Å². The van der Waals surface area contributed by atoms with Crippen LogP contribution in [-0.4, -0.2) is 59.2 Å². The van der Waals surface area contributed by atoms with Crippen molar-refractivity contribution in [3.8, 4) is 0 Å². The number of hydrogen-bond acceptors (Lipinski definition) is 4. The molecule has 0 unspecified atom stereocenters. The average molecular weight is 444 g/mol. The molecule has 0 aliphatic carbocycles. The number of hydrogen-bond donors (Lipinski definition) is 0. The summed E-state index contributed by atoms with van der Waals surface area (Å²) < 4.78 is 0. The first kappa shape index (κ1) is 20.9. The Kier molecular flexibility index (Phi) is 6.14. The molecule has 2 aliphatic rings. The summed E-state index contributed by atoms with van der Waals surface area (Å²) in [6.45, 7) is 6.40. The van der Waals surface area contributed by atoms with Gasteiger partial charge in [0.05, 0.1) is 17.1 Å². The Morgan fingerprint density at radius 2 is 1.60 bits per heavy atom. The zero-order valence-electron chi connectivity index (χ0n) is 16.8. The van der Waals surface area contributed by atoms with Crippen LogP contribution in [0.4, 0.5) is 0 Å². The smallest absolute Gasteiger partial charge is 0.278 e. The van der Waals surface area contributed by atoms with Gasteiger partial charge in [0.2, 0.25) is 0 Å². The van der Waals surface area contributed by atoms with Gasteiger partial charge in [-0.3, -0.25) is 14.5 Å². The maximum atomic E-state index is 13.5. The van der Waals surface area contributed by atoms with E-state index in [0.29, 0.717) is 40.0 Å². The second-order valence-corrected chi connectivity index (χ2v) is 8.29. The molecule has 0 radical (unpaired) electrons. The molecule has 156 valence electrons. The van der Waals surface area contributed by atoms with Crippen LogP contribution < -0.4 is 0 Å². The van der Waals surface area contributed by atoms with Gasteiger partial charge >= 0.3 is 0 Å². The van der Waals surface area contributed by atoms with E-state index in [1.807, 2.05) is 35.2 Å². The molecule has 30 heavy (non-hydrogen) atoms. The first-order chi connectivity index (χ1) is 14.5. The molecule has 0 N–H and O–H groups in total. The molecule has 0 atom stereocenters. The van der Waals surface area contributed by atoms with Crippen molar-refractivity contribution in [3.05, 3.63) is 75.4 Å². The van der Waals surface area contributed by atoms with E-state index >= 15 is 0 Å². The Morgan fingerprint density at radius 3 is 2.23 bits per heavy atom. The van der Waals surface area contributed by atoms with Gasteiger partial charge in [-0.1, -0.05) is 66.5 Å². The summed E-state index contributed by atoms with van der Waals surface area (Å²) in [5, 5.41) is 0.852. The van der Waals surface area contributed by atoms with Gasteiger partial charge < -0.3 is 9.80 Å². The van der Waals surface area contributed by atoms with Crippen LogP contribution in [0, 0.1) is 0 Å². The van der Waals surface area contributed by atoms with Crippen LogP contribution >= 0.6 is 23.2 Å². The fourth-order valence-electron chi connectivity index (χ4n) is 3.99. The molecule has 0 spiro atoms. The molecule has 0 bridgehead atoms. The van der Waals surface area contributed by atoms with E-state index in [2.05, 4.69) is 11.8 Å². The third-order valence-electron chi connectivity index (χ3n) is 5.66. The minimum absolute atomic E-state index is 0.228. The van der Waals surface area contributed by atoms with Crippen molar-refractivity contribution in [1.82, 2.24) is 14.7 Å². The average Bonchev–Trinajstić information content (AvgIpc) is 2.99. The highest BCUT2D eigenvalue weighted by Gasteiger charge is 2.42. The molecule has 2 amide bonds. The standard InChI is InChI=1S/C23H23Cl2N3O2/c1-2-26-10-12-27(13-11-26)21-20(18-9-8-17(24)14-19(18)25)22(29)28(23(21)30)15-16-6-4-3-5-7-16/h3-9,14H,2,10-13,15H2,1H3. The summed E-state index contributed by atoms with van der Waals surface area (Å²) in [6, 6.07) is 14.6. The summed E-state index contributed by atoms with van der Waals surface area (Å²) in [4.78, 5) is 32.6. The first-order valence-electron chi connectivity index (χ1n) is 10.1.